The largest absolute Gasteiger partial charge is 0.493 e. The van der Waals surface area contributed by atoms with E-state index in [4.69, 9.17) is 14.2 Å². The standard InChI is InChI=1S/C25H23NO6S/c1-30-22-16-18(12-13-24(27)32-20-9-4-3-5-10-20)17-23(25(22)31-2)33(28,29)26-15-14-19-8-6-7-11-21(19)26/h3-13,16-17H,14-15H2,1-2H3. The molecule has 0 aliphatic carbocycles. The van der Waals surface area contributed by atoms with Crippen LogP contribution >= 0.6 is 0 Å². The number of esters is 1. The highest BCUT2D eigenvalue weighted by molar-refractivity contribution is 7.93. The lowest BCUT2D eigenvalue weighted by Crippen LogP contribution is -2.29. The van der Waals surface area contributed by atoms with Gasteiger partial charge in [-0.1, -0.05) is 36.4 Å². The van der Waals surface area contributed by atoms with E-state index in [1.54, 1.807) is 36.4 Å². The molecule has 7 nitrogen and oxygen atoms in total. The van der Waals surface area contributed by atoms with Gasteiger partial charge in [-0.2, -0.15) is 0 Å². The van der Waals surface area contributed by atoms with E-state index in [2.05, 4.69) is 0 Å². The lowest BCUT2D eigenvalue weighted by molar-refractivity contribution is -0.128. The molecule has 1 heterocycles. The number of nitrogens with zero attached hydrogens (tertiary/aromatic N) is 1. The van der Waals surface area contributed by atoms with Crippen molar-refractivity contribution in [2.45, 2.75) is 11.3 Å². The molecule has 1 aliphatic rings. The van der Waals surface area contributed by atoms with Crippen molar-refractivity contribution in [3.05, 3.63) is 83.9 Å². The van der Waals surface area contributed by atoms with Crippen LogP contribution in [0.15, 0.2) is 77.7 Å². The quantitative estimate of drug-likeness (QED) is 0.297. The molecule has 0 fully saturated rings. The lowest BCUT2D eigenvalue weighted by Gasteiger charge is -2.22. The molecule has 0 radical (unpaired) electrons. The SMILES string of the molecule is COc1cc(C=CC(=O)Oc2ccccc2)cc(S(=O)(=O)N2CCc3ccccc32)c1OC. The molecular weight excluding hydrogens is 442 g/mol. The van der Waals surface area contributed by atoms with Crippen LogP contribution < -0.4 is 18.5 Å². The van der Waals surface area contributed by atoms with Crippen LogP contribution in [0.3, 0.4) is 0 Å². The van der Waals surface area contributed by atoms with Crippen LogP contribution in [0.5, 0.6) is 17.2 Å². The number of hydrogen-bond acceptors (Lipinski definition) is 6. The average molecular weight is 466 g/mol. The Morgan fingerprint density at radius 2 is 1.70 bits per heavy atom. The predicted octanol–water partition coefficient (Wildman–Crippen LogP) is 4.07. The Balaban J connectivity index is 1.70. The first kappa shape index (κ1) is 22.4. The molecule has 33 heavy (non-hydrogen) atoms. The van der Waals surface area contributed by atoms with Gasteiger partial charge in [0.25, 0.3) is 10.0 Å². The fourth-order valence-corrected chi connectivity index (χ4v) is 5.43. The molecule has 0 bridgehead atoms. The summed E-state index contributed by atoms with van der Waals surface area (Å²) in [6.45, 7) is 0.330. The minimum absolute atomic E-state index is 0.0443. The van der Waals surface area contributed by atoms with Crippen LogP contribution in [-0.2, 0) is 21.2 Å². The summed E-state index contributed by atoms with van der Waals surface area (Å²) >= 11 is 0. The molecule has 0 aromatic heterocycles. The highest BCUT2D eigenvalue weighted by Crippen LogP contribution is 2.40. The van der Waals surface area contributed by atoms with Crippen LogP contribution in [0.25, 0.3) is 6.08 Å². The van der Waals surface area contributed by atoms with Gasteiger partial charge in [0.1, 0.15) is 10.6 Å². The van der Waals surface area contributed by atoms with E-state index in [0.29, 0.717) is 30.0 Å². The Morgan fingerprint density at radius 3 is 2.42 bits per heavy atom. The molecule has 0 N–H and O–H groups in total. The number of benzene rings is 3. The van der Waals surface area contributed by atoms with Gasteiger partial charge in [-0.25, -0.2) is 13.2 Å². The van der Waals surface area contributed by atoms with E-state index >= 15 is 0 Å². The number of sulfonamides is 1. The van der Waals surface area contributed by atoms with Gasteiger partial charge in [-0.05, 0) is 54.0 Å². The van der Waals surface area contributed by atoms with Gasteiger partial charge >= 0.3 is 5.97 Å². The summed E-state index contributed by atoms with van der Waals surface area (Å²) in [5, 5.41) is 0. The van der Waals surface area contributed by atoms with E-state index in [0.717, 1.165) is 5.56 Å². The Bertz CT molecular complexity index is 1300. The van der Waals surface area contributed by atoms with Gasteiger partial charge in [0.15, 0.2) is 11.5 Å². The third-order valence-corrected chi connectivity index (χ3v) is 7.07. The van der Waals surface area contributed by atoms with Gasteiger partial charge in [-0.3, -0.25) is 4.31 Å². The molecule has 0 saturated heterocycles. The molecule has 0 atom stereocenters. The van der Waals surface area contributed by atoms with Crippen LogP contribution in [0.2, 0.25) is 0 Å². The molecule has 0 spiro atoms. The Labute approximate surface area is 192 Å². The summed E-state index contributed by atoms with van der Waals surface area (Å²) in [7, 11) is -1.14. The third-order valence-electron chi connectivity index (χ3n) is 5.25. The maximum Gasteiger partial charge on any atom is 0.336 e. The summed E-state index contributed by atoms with van der Waals surface area (Å²) in [4.78, 5) is 12.2. The number of carbonyl (C=O) groups is 1. The predicted molar refractivity (Wildman–Crippen MR) is 125 cm³/mol. The number of fused-ring (bicyclic) bond motifs is 1. The number of methoxy groups -OCH3 is 2. The second-order valence-corrected chi connectivity index (χ2v) is 9.11. The number of para-hydroxylation sites is 2. The summed E-state index contributed by atoms with van der Waals surface area (Å²) in [5.41, 5.74) is 2.06. The maximum atomic E-state index is 13.7. The van der Waals surface area contributed by atoms with Gasteiger partial charge < -0.3 is 14.2 Å². The monoisotopic (exact) mass is 465 g/mol. The van der Waals surface area contributed by atoms with Crippen LogP contribution in [0.4, 0.5) is 5.69 Å². The zero-order valence-electron chi connectivity index (χ0n) is 18.2. The Morgan fingerprint density at radius 1 is 0.970 bits per heavy atom. The molecule has 8 heteroatoms. The summed E-state index contributed by atoms with van der Waals surface area (Å²) in [5.74, 6) is 0.164. The molecule has 0 amide bonds. The van der Waals surface area contributed by atoms with Crippen LogP contribution in [0, 0.1) is 0 Å². The summed E-state index contributed by atoms with van der Waals surface area (Å²) < 4.78 is 44.7. The van der Waals surface area contributed by atoms with E-state index in [1.807, 2.05) is 24.3 Å². The smallest absolute Gasteiger partial charge is 0.336 e. The molecule has 0 saturated carbocycles. The van der Waals surface area contributed by atoms with Gasteiger partial charge in [-0.15, -0.1) is 0 Å². The van der Waals surface area contributed by atoms with E-state index in [1.165, 1.54) is 36.7 Å². The number of carbonyl (C=O) groups excluding carboxylic acids is 1. The molecule has 170 valence electrons. The number of rotatable bonds is 7. The number of anilines is 1. The first-order valence-electron chi connectivity index (χ1n) is 10.3. The number of ether oxygens (including phenoxy) is 3. The minimum atomic E-state index is -3.96. The van der Waals surface area contributed by atoms with Gasteiger partial charge in [0.05, 0.1) is 19.9 Å². The fraction of sp³-hybridized carbons (Fsp3) is 0.160. The van der Waals surface area contributed by atoms with E-state index in [-0.39, 0.29) is 16.4 Å². The highest BCUT2D eigenvalue weighted by Gasteiger charge is 2.34. The molecule has 3 aromatic carbocycles. The van der Waals surface area contributed by atoms with Crippen molar-refractivity contribution < 1.29 is 27.4 Å². The second kappa shape index (κ2) is 9.38. The van der Waals surface area contributed by atoms with Crippen LogP contribution in [0.1, 0.15) is 11.1 Å². The first-order chi connectivity index (χ1) is 15.9. The Hall–Kier alpha value is -3.78. The minimum Gasteiger partial charge on any atom is -0.493 e. The molecule has 0 unspecified atom stereocenters. The molecular formula is C25H23NO6S. The maximum absolute atomic E-state index is 13.7. The van der Waals surface area contributed by atoms with Crippen LogP contribution in [-0.4, -0.2) is 35.2 Å². The van der Waals surface area contributed by atoms with Crippen molar-refractivity contribution in [3.63, 3.8) is 0 Å². The normalized spacial score (nSPS) is 13.1. The van der Waals surface area contributed by atoms with Crippen molar-refractivity contribution in [2.24, 2.45) is 0 Å². The zero-order chi connectivity index (χ0) is 23.4. The van der Waals surface area contributed by atoms with Crippen molar-refractivity contribution in [2.75, 3.05) is 25.1 Å². The second-order valence-electron chi connectivity index (χ2n) is 7.28. The van der Waals surface area contributed by atoms with Crippen molar-refractivity contribution in [1.29, 1.82) is 0 Å². The van der Waals surface area contributed by atoms with Gasteiger partial charge in [0.2, 0.25) is 0 Å². The molecule has 3 aromatic rings. The molecule has 4 rings (SSSR count). The van der Waals surface area contributed by atoms with Gasteiger partial charge in [0, 0.05) is 12.6 Å². The van der Waals surface area contributed by atoms with Crippen molar-refractivity contribution in [3.8, 4) is 17.2 Å². The first-order valence-corrected chi connectivity index (χ1v) is 11.7. The fourth-order valence-electron chi connectivity index (χ4n) is 3.72. The van der Waals surface area contributed by atoms with E-state index < -0.39 is 16.0 Å². The topological polar surface area (TPSA) is 82.1 Å². The van der Waals surface area contributed by atoms with Crippen molar-refractivity contribution >= 4 is 27.8 Å². The third kappa shape index (κ3) is 4.56. The van der Waals surface area contributed by atoms with Crippen molar-refractivity contribution in [1.82, 2.24) is 0 Å². The van der Waals surface area contributed by atoms with E-state index in [9.17, 15) is 13.2 Å². The summed E-state index contributed by atoms with van der Waals surface area (Å²) in [6.07, 6.45) is 3.33. The highest BCUT2D eigenvalue weighted by atomic mass is 32.2. The summed E-state index contributed by atoms with van der Waals surface area (Å²) in [6, 6.07) is 19.1. The lowest BCUT2D eigenvalue weighted by atomic mass is 10.2. The molecule has 1 aliphatic heterocycles. The average Bonchev–Trinajstić information content (AvgIpc) is 3.28. The zero-order valence-corrected chi connectivity index (χ0v) is 19.0. The number of hydrogen-bond donors (Lipinski definition) is 0. The Kier molecular flexibility index (Phi) is 6.37.